The average Bonchev–Trinajstić information content (AvgIpc) is 2.72. The molecule has 0 saturated heterocycles. The largest absolute Gasteiger partial charge is 0.321 e. The van der Waals surface area contributed by atoms with Crippen molar-refractivity contribution in [3.05, 3.63) is 104 Å². The number of halogens is 2. The molecule has 5 heteroatoms. The van der Waals surface area contributed by atoms with Crippen LogP contribution in [-0.4, -0.2) is 5.91 Å². The minimum Gasteiger partial charge on any atom is -0.321 e. The van der Waals surface area contributed by atoms with Gasteiger partial charge in [-0.3, -0.25) is 4.79 Å². The highest BCUT2D eigenvalue weighted by atomic mass is 79.9. The molecule has 0 heterocycles. The van der Waals surface area contributed by atoms with Crippen LogP contribution < -0.4 is 5.32 Å². The van der Waals surface area contributed by atoms with Gasteiger partial charge in [-0.05, 0) is 84.5 Å². The summed E-state index contributed by atoms with van der Waals surface area (Å²) in [4.78, 5) is 12.7. The van der Waals surface area contributed by atoms with Crippen molar-refractivity contribution in [2.45, 2.75) is 20.3 Å². The fourth-order valence-electron chi connectivity index (χ4n) is 3.03. The van der Waals surface area contributed by atoms with Crippen LogP contribution in [0.1, 0.15) is 27.8 Å². The maximum absolute atomic E-state index is 12.7. The highest BCUT2D eigenvalue weighted by molar-refractivity contribution is 9.10. The molecule has 30 heavy (non-hydrogen) atoms. The molecule has 0 aliphatic heterocycles. The number of hydrogen-bond acceptors (Lipinski definition) is 2. The van der Waals surface area contributed by atoms with Gasteiger partial charge in [0.2, 0.25) is 0 Å². The Morgan fingerprint density at radius 3 is 2.53 bits per heavy atom. The molecule has 0 fully saturated rings. The molecular formula is C25H20BrClN2O. The van der Waals surface area contributed by atoms with Gasteiger partial charge in [0, 0.05) is 15.2 Å². The van der Waals surface area contributed by atoms with Gasteiger partial charge in [-0.1, -0.05) is 57.9 Å². The monoisotopic (exact) mass is 478 g/mol. The van der Waals surface area contributed by atoms with Gasteiger partial charge in [0.25, 0.3) is 5.91 Å². The molecular weight excluding hydrogens is 460 g/mol. The van der Waals surface area contributed by atoms with Gasteiger partial charge in [0.1, 0.15) is 11.6 Å². The number of nitriles is 1. The first-order valence-corrected chi connectivity index (χ1v) is 10.6. The van der Waals surface area contributed by atoms with E-state index in [4.69, 9.17) is 11.6 Å². The van der Waals surface area contributed by atoms with Crippen molar-refractivity contribution in [3.8, 4) is 6.07 Å². The average molecular weight is 480 g/mol. The molecule has 0 radical (unpaired) electrons. The Balaban J connectivity index is 1.92. The first-order valence-electron chi connectivity index (χ1n) is 9.39. The van der Waals surface area contributed by atoms with Gasteiger partial charge in [-0.2, -0.15) is 5.26 Å². The summed E-state index contributed by atoms with van der Waals surface area (Å²) in [7, 11) is 0. The van der Waals surface area contributed by atoms with E-state index in [-0.39, 0.29) is 5.57 Å². The number of aryl methyl sites for hydroxylation is 2. The van der Waals surface area contributed by atoms with Gasteiger partial charge in [0.05, 0.1) is 0 Å². The lowest BCUT2D eigenvalue weighted by atomic mass is 9.98. The first-order chi connectivity index (χ1) is 14.4. The molecule has 0 saturated carbocycles. The zero-order valence-corrected chi connectivity index (χ0v) is 19.0. The second kappa shape index (κ2) is 9.75. The summed E-state index contributed by atoms with van der Waals surface area (Å²) in [6, 6.07) is 21.1. The van der Waals surface area contributed by atoms with E-state index in [1.165, 1.54) is 0 Å². The van der Waals surface area contributed by atoms with Crippen LogP contribution in [-0.2, 0) is 11.2 Å². The molecule has 3 aromatic carbocycles. The van der Waals surface area contributed by atoms with E-state index in [0.29, 0.717) is 17.1 Å². The van der Waals surface area contributed by atoms with Crippen molar-refractivity contribution in [3.63, 3.8) is 0 Å². The Labute approximate surface area is 190 Å². The molecule has 3 nitrogen and oxygen atoms in total. The van der Waals surface area contributed by atoms with Crippen LogP contribution in [0.15, 0.2) is 70.7 Å². The van der Waals surface area contributed by atoms with E-state index in [9.17, 15) is 10.1 Å². The molecule has 0 aliphatic rings. The van der Waals surface area contributed by atoms with Crippen LogP contribution in [0.2, 0.25) is 5.02 Å². The Bertz CT molecular complexity index is 1180. The van der Waals surface area contributed by atoms with E-state index in [0.717, 1.165) is 32.3 Å². The molecule has 150 valence electrons. The minimum absolute atomic E-state index is 0.0340. The highest BCUT2D eigenvalue weighted by Gasteiger charge is 2.13. The van der Waals surface area contributed by atoms with Crippen LogP contribution in [0.25, 0.3) is 6.08 Å². The fourth-order valence-corrected chi connectivity index (χ4v) is 3.61. The van der Waals surface area contributed by atoms with Gasteiger partial charge >= 0.3 is 0 Å². The SMILES string of the molecule is Cc1ccc(NC(=O)/C(C#N)=C/c2cc(Br)ccc2Cc2ccccc2Cl)cc1C. The number of carbonyl (C=O) groups is 1. The van der Waals surface area contributed by atoms with Gasteiger partial charge < -0.3 is 5.32 Å². The zero-order valence-electron chi connectivity index (χ0n) is 16.7. The number of amides is 1. The summed E-state index contributed by atoms with van der Waals surface area (Å²) in [6.07, 6.45) is 2.21. The molecule has 0 atom stereocenters. The smallest absolute Gasteiger partial charge is 0.266 e. The topological polar surface area (TPSA) is 52.9 Å². The first kappa shape index (κ1) is 21.8. The Morgan fingerprint density at radius 1 is 1.07 bits per heavy atom. The third kappa shape index (κ3) is 5.38. The van der Waals surface area contributed by atoms with E-state index in [1.54, 1.807) is 6.08 Å². The number of rotatable bonds is 5. The summed E-state index contributed by atoms with van der Waals surface area (Å²) < 4.78 is 0.864. The van der Waals surface area contributed by atoms with Crippen molar-refractivity contribution in [2.75, 3.05) is 5.32 Å². The lowest BCUT2D eigenvalue weighted by molar-refractivity contribution is -0.112. The summed E-state index contributed by atoms with van der Waals surface area (Å²) >= 11 is 9.79. The maximum atomic E-state index is 12.7. The van der Waals surface area contributed by atoms with E-state index in [1.807, 2.05) is 80.6 Å². The van der Waals surface area contributed by atoms with E-state index >= 15 is 0 Å². The molecule has 1 N–H and O–H groups in total. The van der Waals surface area contributed by atoms with Gasteiger partial charge in [0.15, 0.2) is 0 Å². The normalized spacial score (nSPS) is 11.1. The standard InChI is InChI=1S/C25H20BrClN2O/c1-16-7-10-23(11-17(16)2)29-25(30)21(15-28)13-20-14-22(26)9-8-18(20)12-19-5-3-4-6-24(19)27/h3-11,13-14H,12H2,1-2H3,(H,29,30)/b21-13+. The number of hydrogen-bond donors (Lipinski definition) is 1. The number of anilines is 1. The molecule has 3 rings (SSSR count). The summed E-state index contributed by atoms with van der Waals surface area (Å²) in [5, 5.41) is 13.1. The minimum atomic E-state index is -0.440. The molecule has 0 aliphatic carbocycles. The predicted octanol–water partition coefficient (Wildman–Crippen LogP) is 6.86. The van der Waals surface area contributed by atoms with Gasteiger partial charge in [-0.25, -0.2) is 0 Å². The van der Waals surface area contributed by atoms with Crippen LogP contribution in [0.4, 0.5) is 5.69 Å². The summed E-state index contributed by atoms with van der Waals surface area (Å²) in [5.74, 6) is -0.440. The second-order valence-corrected chi connectivity index (χ2v) is 8.36. The van der Waals surface area contributed by atoms with Gasteiger partial charge in [-0.15, -0.1) is 0 Å². The van der Waals surface area contributed by atoms with E-state index in [2.05, 4.69) is 21.2 Å². The molecule has 0 aromatic heterocycles. The lowest BCUT2D eigenvalue weighted by Crippen LogP contribution is -2.13. The number of benzene rings is 3. The summed E-state index contributed by atoms with van der Waals surface area (Å²) in [5.41, 5.74) is 5.65. The third-order valence-electron chi connectivity index (χ3n) is 4.88. The molecule has 0 spiro atoms. The Hall–Kier alpha value is -2.87. The molecule has 3 aromatic rings. The van der Waals surface area contributed by atoms with Crippen molar-refractivity contribution >= 4 is 45.2 Å². The van der Waals surface area contributed by atoms with Crippen LogP contribution in [0.5, 0.6) is 0 Å². The predicted molar refractivity (Wildman–Crippen MR) is 127 cm³/mol. The fraction of sp³-hybridized carbons (Fsp3) is 0.120. The van der Waals surface area contributed by atoms with Crippen molar-refractivity contribution in [2.24, 2.45) is 0 Å². The van der Waals surface area contributed by atoms with Crippen LogP contribution in [0.3, 0.4) is 0 Å². The molecule has 0 bridgehead atoms. The second-order valence-electron chi connectivity index (χ2n) is 7.03. The summed E-state index contributed by atoms with van der Waals surface area (Å²) in [6.45, 7) is 3.99. The number of nitrogens with zero attached hydrogens (tertiary/aromatic N) is 1. The number of nitrogens with one attached hydrogen (secondary N) is 1. The van der Waals surface area contributed by atoms with E-state index < -0.39 is 5.91 Å². The van der Waals surface area contributed by atoms with Crippen molar-refractivity contribution in [1.82, 2.24) is 0 Å². The lowest BCUT2D eigenvalue weighted by Gasteiger charge is -2.10. The quantitative estimate of drug-likeness (QED) is 0.321. The Kier molecular flexibility index (Phi) is 7.10. The maximum Gasteiger partial charge on any atom is 0.266 e. The zero-order chi connectivity index (χ0) is 21.7. The van der Waals surface area contributed by atoms with Crippen LogP contribution >= 0.6 is 27.5 Å². The van der Waals surface area contributed by atoms with Crippen LogP contribution in [0, 0.1) is 25.2 Å². The molecule has 0 unspecified atom stereocenters. The Morgan fingerprint density at radius 2 is 1.83 bits per heavy atom. The molecule has 1 amide bonds. The third-order valence-corrected chi connectivity index (χ3v) is 5.74. The van der Waals surface area contributed by atoms with Crippen molar-refractivity contribution < 1.29 is 4.79 Å². The highest BCUT2D eigenvalue weighted by Crippen LogP contribution is 2.25. The number of carbonyl (C=O) groups excluding carboxylic acids is 1. The van der Waals surface area contributed by atoms with Crippen molar-refractivity contribution in [1.29, 1.82) is 5.26 Å².